The molecule has 0 aliphatic heterocycles. The lowest BCUT2D eigenvalue weighted by Gasteiger charge is -2.22. The van der Waals surface area contributed by atoms with Gasteiger partial charge in [-0.15, -0.1) is 0 Å². The van der Waals surface area contributed by atoms with Crippen LogP contribution in [0.5, 0.6) is 0 Å². The van der Waals surface area contributed by atoms with Gasteiger partial charge in [0.25, 0.3) is 5.69 Å². The molecule has 1 aliphatic carbocycles. The van der Waals surface area contributed by atoms with E-state index in [1.165, 1.54) is 0 Å². The molecule has 144 valence electrons. The first kappa shape index (κ1) is 18.6. The summed E-state index contributed by atoms with van der Waals surface area (Å²) in [6, 6.07) is 18.4. The molecule has 4 nitrogen and oxygen atoms in total. The predicted molar refractivity (Wildman–Crippen MR) is 109 cm³/mol. The molecule has 1 N–H and O–H groups in total. The molecule has 0 aromatic heterocycles. The zero-order valence-corrected chi connectivity index (χ0v) is 15.8. The lowest BCUT2D eigenvalue weighted by Crippen LogP contribution is -2.29. The van der Waals surface area contributed by atoms with E-state index < -0.39 is 0 Å². The summed E-state index contributed by atoms with van der Waals surface area (Å²) in [4.78, 5) is 10.5. The number of rotatable bonds is 5. The number of hydrogen-bond acceptors (Lipinski definition) is 3. The number of nitrogens with zero attached hydrogens (tertiary/aromatic N) is 1. The highest BCUT2D eigenvalue weighted by Crippen LogP contribution is 2.36. The van der Waals surface area contributed by atoms with Crippen LogP contribution in [0.15, 0.2) is 60.7 Å². The van der Waals surface area contributed by atoms with Crippen molar-refractivity contribution < 1.29 is 9.31 Å². The van der Waals surface area contributed by atoms with Crippen LogP contribution in [0.2, 0.25) is 0 Å². The van der Waals surface area contributed by atoms with E-state index >= 15 is 0 Å². The molecule has 1 saturated carbocycles. The molecular weight excluding hydrogens is 355 g/mol. The second-order valence-electron chi connectivity index (χ2n) is 7.63. The van der Waals surface area contributed by atoms with Crippen molar-refractivity contribution in [2.75, 3.05) is 0 Å². The molecule has 0 heterocycles. The van der Waals surface area contributed by atoms with Gasteiger partial charge in [-0.2, -0.15) is 0 Å². The summed E-state index contributed by atoms with van der Waals surface area (Å²) < 4.78 is 14.1. The Labute approximate surface area is 163 Å². The number of nitro benzene ring substituents is 1. The Bertz CT molecular complexity index is 1000. The third-order valence-corrected chi connectivity index (χ3v) is 5.86. The summed E-state index contributed by atoms with van der Waals surface area (Å²) in [5.74, 6) is 0.223. The molecule has 0 amide bonds. The Morgan fingerprint density at radius 1 is 1.04 bits per heavy atom. The van der Waals surface area contributed by atoms with E-state index in [0.717, 1.165) is 35.8 Å². The van der Waals surface area contributed by atoms with Crippen LogP contribution in [0, 0.1) is 15.9 Å². The lowest BCUT2D eigenvalue weighted by atomic mass is 9.96. The van der Waals surface area contributed by atoms with Crippen LogP contribution in [0.1, 0.15) is 49.3 Å². The first-order valence-corrected chi connectivity index (χ1v) is 9.70. The fraction of sp³-hybridized carbons (Fsp3) is 0.304. The minimum Gasteiger partial charge on any atom is -0.307 e. The normalized spacial score (nSPS) is 20.4. The van der Waals surface area contributed by atoms with Crippen molar-refractivity contribution in [1.82, 2.24) is 5.32 Å². The average molecular weight is 378 g/mol. The number of hydrogen-bond donors (Lipinski definition) is 1. The van der Waals surface area contributed by atoms with E-state index in [4.69, 9.17) is 0 Å². The van der Waals surface area contributed by atoms with Crippen LogP contribution in [0.4, 0.5) is 10.1 Å². The molecule has 3 aromatic rings. The third kappa shape index (κ3) is 3.62. The molecule has 28 heavy (non-hydrogen) atoms. The van der Waals surface area contributed by atoms with Crippen molar-refractivity contribution in [2.45, 2.75) is 44.2 Å². The van der Waals surface area contributed by atoms with Crippen LogP contribution in [0.3, 0.4) is 0 Å². The van der Waals surface area contributed by atoms with Gasteiger partial charge in [-0.1, -0.05) is 42.5 Å². The van der Waals surface area contributed by atoms with E-state index in [1.807, 2.05) is 42.5 Å². The number of nitro groups is 1. The first-order chi connectivity index (χ1) is 13.5. The summed E-state index contributed by atoms with van der Waals surface area (Å²) in [5.41, 5.74) is 2.40. The second kappa shape index (κ2) is 7.68. The van der Waals surface area contributed by atoms with Crippen molar-refractivity contribution >= 4 is 16.5 Å². The van der Waals surface area contributed by atoms with Crippen molar-refractivity contribution in [3.63, 3.8) is 0 Å². The fourth-order valence-electron chi connectivity index (χ4n) is 4.41. The number of fused-ring (bicyclic) bond motifs is 1. The van der Waals surface area contributed by atoms with E-state index in [0.29, 0.717) is 17.3 Å². The summed E-state index contributed by atoms with van der Waals surface area (Å²) in [6.45, 7) is 2.12. The summed E-state index contributed by atoms with van der Waals surface area (Å²) in [6.07, 6.45) is 3.12. The van der Waals surface area contributed by atoms with Crippen molar-refractivity contribution in [3.05, 3.63) is 87.7 Å². The maximum atomic E-state index is 14.1. The highest BCUT2D eigenvalue weighted by Gasteiger charge is 2.27. The standard InChI is InChI=1S/C23H23FN2O2/c1-15(20-12-13-23(24)22-5-3-2-4-21(20)22)25-18-9-6-17(14-18)16-7-10-19(11-8-16)26(27)28/h2-5,7-8,10-13,15,17-18,25H,6,9,14H2,1H3/t15-,17?,18?/m1/s1. The van der Waals surface area contributed by atoms with E-state index in [-0.39, 0.29) is 22.5 Å². The van der Waals surface area contributed by atoms with Gasteiger partial charge in [0.1, 0.15) is 5.82 Å². The number of non-ortho nitro benzene ring substituents is 1. The van der Waals surface area contributed by atoms with Crippen molar-refractivity contribution in [1.29, 1.82) is 0 Å². The first-order valence-electron chi connectivity index (χ1n) is 9.70. The highest BCUT2D eigenvalue weighted by atomic mass is 19.1. The molecule has 1 fully saturated rings. The molecule has 2 unspecified atom stereocenters. The summed E-state index contributed by atoms with van der Waals surface area (Å²) in [7, 11) is 0. The van der Waals surface area contributed by atoms with Gasteiger partial charge in [0.2, 0.25) is 0 Å². The SMILES string of the molecule is C[C@@H](NC1CCC(c2ccc([N+](=O)[O-])cc2)C1)c1ccc(F)c2ccccc12. The quantitative estimate of drug-likeness (QED) is 0.446. The monoisotopic (exact) mass is 378 g/mol. The highest BCUT2D eigenvalue weighted by molar-refractivity contribution is 5.86. The topological polar surface area (TPSA) is 55.2 Å². The van der Waals surface area contributed by atoms with Crippen LogP contribution < -0.4 is 5.32 Å². The molecule has 3 aromatic carbocycles. The van der Waals surface area contributed by atoms with Gasteiger partial charge in [0, 0.05) is 29.6 Å². The smallest absolute Gasteiger partial charge is 0.269 e. The van der Waals surface area contributed by atoms with Gasteiger partial charge in [-0.25, -0.2) is 4.39 Å². The van der Waals surface area contributed by atoms with Crippen LogP contribution in [-0.2, 0) is 0 Å². The van der Waals surface area contributed by atoms with E-state index in [9.17, 15) is 14.5 Å². The summed E-state index contributed by atoms with van der Waals surface area (Å²) in [5, 5.41) is 16.1. The average Bonchev–Trinajstić information content (AvgIpc) is 3.17. The number of halogens is 1. The Hall–Kier alpha value is -2.79. The molecular formula is C23H23FN2O2. The van der Waals surface area contributed by atoms with Crippen LogP contribution in [0.25, 0.3) is 10.8 Å². The molecule has 5 heteroatoms. The van der Waals surface area contributed by atoms with Gasteiger partial charge in [-0.05, 0) is 54.7 Å². The van der Waals surface area contributed by atoms with Gasteiger partial charge in [-0.3, -0.25) is 10.1 Å². The Morgan fingerprint density at radius 3 is 2.46 bits per heavy atom. The molecule has 0 bridgehead atoms. The zero-order valence-electron chi connectivity index (χ0n) is 15.8. The number of nitrogens with one attached hydrogen (secondary N) is 1. The van der Waals surface area contributed by atoms with Crippen LogP contribution >= 0.6 is 0 Å². The fourth-order valence-corrected chi connectivity index (χ4v) is 4.41. The molecule has 0 saturated heterocycles. The van der Waals surface area contributed by atoms with E-state index in [1.54, 1.807) is 18.2 Å². The Morgan fingerprint density at radius 2 is 1.75 bits per heavy atom. The molecule has 0 radical (unpaired) electrons. The molecule has 0 spiro atoms. The Kier molecular flexibility index (Phi) is 5.09. The minimum atomic E-state index is -0.364. The largest absolute Gasteiger partial charge is 0.307 e. The maximum Gasteiger partial charge on any atom is 0.269 e. The molecule has 1 aliphatic rings. The molecule has 4 rings (SSSR count). The van der Waals surface area contributed by atoms with Gasteiger partial charge < -0.3 is 5.32 Å². The predicted octanol–water partition coefficient (Wildman–Crippen LogP) is 5.87. The maximum absolute atomic E-state index is 14.1. The van der Waals surface area contributed by atoms with Crippen molar-refractivity contribution in [2.24, 2.45) is 0 Å². The molecule has 3 atom stereocenters. The van der Waals surface area contributed by atoms with Gasteiger partial charge in [0.05, 0.1) is 4.92 Å². The Balaban J connectivity index is 1.46. The number of benzene rings is 3. The lowest BCUT2D eigenvalue weighted by molar-refractivity contribution is -0.384. The van der Waals surface area contributed by atoms with Gasteiger partial charge >= 0.3 is 0 Å². The van der Waals surface area contributed by atoms with Crippen LogP contribution in [-0.4, -0.2) is 11.0 Å². The second-order valence-corrected chi connectivity index (χ2v) is 7.63. The third-order valence-electron chi connectivity index (χ3n) is 5.86. The van der Waals surface area contributed by atoms with E-state index in [2.05, 4.69) is 12.2 Å². The summed E-state index contributed by atoms with van der Waals surface area (Å²) >= 11 is 0. The van der Waals surface area contributed by atoms with Gasteiger partial charge in [0.15, 0.2) is 0 Å². The minimum absolute atomic E-state index is 0.117. The van der Waals surface area contributed by atoms with Crippen molar-refractivity contribution in [3.8, 4) is 0 Å². The zero-order chi connectivity index (χ0) is 19.7.